The van der Waals surface area contributed by atoms with Gasteiger partial charge in [-0.25, -0.2) is 9.03 Å². The van der Waals surface area contributed by atoms with Gasteiger partial charge in [-0.05, 0) is 159 Å². The molecule has 0 bridgehead atoms. The zero-order valence-electron chi connectivity index (χ0n) is 47.0. The molecule has 3 unspecified atom stereocenters. The Bertz CT molecular complexity index is 4410. The summed E-state index contributed by atoms with van der Waals surface area (Å²) in [7, 11) is 1.84. The van der Waals surface area contributed by atoms with Crippen LogP contribution >= 0.6 is 39.1 Å². The van der Waals surface area contributed by atoms with Crippen molar-refractivity contribution in [2.45, 2.75) is 105 Å². The number of aryl methyl sites for hydroxylation is 2. The first-order valence-electron chi connectivity index (χ1n) is 27.8. The summed E-state index contributed by atoms with van der Waals surface area (Å²) >= 11 is 15.8. The van der Waals surface area contributed by atoms with E-state index in [1.807, 2.05) is 77.8 Å². The first-order valence-corrected chi connectivity index (χ1v) is 29.3. The number of carbonyl (C=O) groups is 2. The van der Waals surface area contributed by atoms with Crippen molar-refractivity contribution in [2.75, 3.05) is 0 Å². The van der Waals surface area contributed by atoms with Gasteiger partial charge in [-0.2, -0.15) is 23.4 Å². The first-order chi connectivity index (χ1) is 40.6. The van der Waals surface area contributed by atoms with Crippen molar-refractivity contribution in [1.82, 2.24) is 67.7 Å². The van der Waals surface area contributed by atoms with Gasteiger partial charge in [0.25, 0.3) is 22.9 Å². The minimum Gasteiger partial charge on any atom is -0.330 e. The number of alkyl halides is 3. The summed E-state index contributed by atoms with van der Waals surface area (Å²) in [5.41, 5.74) is 6.44. The standard InChI is InChI=1S/C61H56BrCl2F3N14O4/c1-33(2)21-41-27-70-80-51-30-77(58(83)40-11-17-48(62)50(64)26-40)36(5)24-45(51)59(84)78(55(41)80)44-15-9-38(10-16-44)54-73-69-32-75(54)20-19-34(3)22-42-28-71-81-52-29-76(57(82)39-12-18-49(63)47(25-39)61(65,66)67)35(4)23-46(52)60(85)79(56(42)81)43-13-7-37(8-14-43)53-72-68-31-74(53)6/h7-18,25-28,31-36H,19-24,29-30H2,1-6H3. The van der Waals surface area contributed by atoms with E-state index in [-0.39, 0.29) is 60.0 Å². The lowest BCUT2D eigenvalue weighted by molar-refractivity contribution is -0.137. The maximum Gasteiger partial charge on any atom is 0.417 e. The molecule has 0 fully saturated rings. The Hall–Kier alpha value is -8.21. The topological polar surface area (TPSA) is 181 Å². The molecule has 85 heavy (non-hydrogen) atoms. The number of benzene rings is 4. The largest absolute Gasteiger partial charge is 0.417 e. The van der Waals surface area contributed by atoms with Crippen molar-refractivity contribution in [1.29, 1.82) is 0 Å². The van der Waals surface area contributed by atoms with Crippen molar-refractivity contribution in [3.8, 4) is 34.2 Å². The Labute approximate surface area is 503 Å². The van der Waals surface area contributed by atoms with Crippen LogP contribution in [0.4, 0.5) is 13.2 Å². The molecule has 8 heterocycles. The number of rotatable bonds is 13. The van der Waals surface area contributed by atoms with Gasteiger partial charge in [-0.15, -0.1) is 20.4 Å². The van der Waals surface area contributed by atoms with Crippen LogP contribution in [0, 0.1) is 11.8 Å². The van der Waals surface area contributed by atoms with Crippen LogP contribution < -0.4 is 11.1 Å². The second kappa shape index (κ2) is 22.3. The summed E-state index contributed by atoms with van der Waals surface area (Å²) in [4.78, 5) is 61.3. The minimum absolute atomic E-state index is 0.00972. The average Bonchev–Trinajstić information content (AvgIpc) is 1.85. The molecule has 18 nitrogen and oxygen atoms in total. The summed E-state index contributed by atoms with van der Waals surface area (Å²) < 4.78 is 53.3. The third-order valence-corrected chi connectivity index (χ3v) is 17.8. The van der Waals surface area contributed by atoms with Crippen molar-refractivity contribution >= 4 is 62.2 Å². The predicted molar refractivity (Wildman–Crippen MR) is 318 cm³/mol. The van der Waals surface area contributed by atoms with Crippen molar-refractivity contribution in [3.63, 3.8) is 0 Å². The number of carbonyl (C=O) groups excluding carboxylic acids is 2. The van der Waals surface area contributed by atoms with E-state index in [1.165, 1.54) is 11.0 Å². The number of hydrogen-bond acceptors (Lipinski definition) is 10. The highest BCUT2D eigenvalue weighted by Gasteiger charge is 2.38. The van der Waals surface area contributed by atoms with E-state index in [2.05, 4.69) is 57.1 Å². The van der Waals surface area contributed by atoms with Crippen LogP contribution in [-0.4, -0.2) is 91.6 Å². The molecule has 2 amide bonds. The Morgan fingerprint density at radius 2 is 1.18 bits per heavy atom. The molecule has 6 aromatic heterocycles. The fraction of sp³-hybridized carbons (Fsp3) is 0.311. The molecule has 0 aliphatic carbocycles. The van der Waals surface area contributed by atoms with E-state index in [1.54, 1.807) is 67.1 Å². The lowest BCUT2D eigenvalue weighted by atomic mass is 9.97. The average molecular weight is 1260 g/mol. The second-order valence-electron chi connectivity index (χ2n) is 22.6. The molecule has 0 radical (unpaired) electrons. The maximum atomic E-state index is 15.0. The van der Waals surface area contributed by atoms with Crippen LogP contribution in [0.3, 0.4) is 0 Å². The lowest BCUT2D eigenvalue weighted by Crippen LogP contribution is -2.46. The molecule has 0 spiro atoms. The Balaban J connectivity index is 0.827. The highest BCUT2D eigenvalue weighted by Crippen LogP contribution is 2.37. The summed E-state index contributed by atoms with van der Waals surface area (Å²) in [6.45, 7) is 10.7. The summed E-state index contributed by atoms with van der Waals surface area (Å²) in [6, 6.07) is 22.5. The van der Waals surface area contributed by atoms with Crippen LogP contribution in [0.2, 0.25) is 10.0 Å². The van der Waals surface area contributed by atoms with E-state index >= 15 is 4.79 Å². The number of halogens is 6. The SMILES string of the molecule is CC(C)Cc1cnn2c3c(c(=O)n(-c4ccc(-c5nncn5CCC(C)Cc5cnn6c7c(c(=O)n(-c8ccc(-c9nncn9C)cc8)c56)CC(C)N(C(=O)c5ccc(Cl)c(C(F)(F)F)c5)C7)cc4)c12)CC(C)N(C(=O)c1ccc(Br)c(Cl)c1)C3. The molecule has 436 valence electrons. The number of nitrogens with zero attached hydrogens (tertiary/aromatic N) is 14. The zero-order valence-corrected chi connectivity index (χ0v) is 50.1. The fourth-order valence-corrected chi connectivity index (χ4v) is 12.6. The van der Waals surface area contributed by atoms with E-state index < -0.39 is 28.7 Å². The van der Waals surface area contributed by atoms with Crippen LogP contribution in [0.25, 0.3) is 45.4 Å². The van der Waals surface area contributed by atoms with Gasteiger partial charge in [0.15, 0.2) is 11.6 Å². The molecule has 24 heteroatoms. The van der Waals surface area contributed by atoms with Gasteiger partial charge in [-0.3, -0.25) is 28.3 Å². The smallest absolute Gasteiger partial charge is 0.330 e. The van der Waals surface area contributed by atoms with Gasteiger partial charge in [0.05, 0.1) is 63.9 Å². The van der Waals surface area contributed by atoms with E-state index in [0.29, 0.717) is 104 Å². The predicted octanol–water partition coefficient (Wildman–Crippen LogP) is 11.1. The summed E-state index contributed by atoms with van der Waals surface area (Å²) in [5.74, 6) is 0.708. The highest BCUT2D eigenvalue weighted by atomic mass is 79.9. The second-order valence-corrected chi connectivity index (χ2v) is 24.3. The lowest BCUT2D eigenvalue weighted by Gasteiger charge is -2.35. The van der Waals surface area contributed by atoms with Crippen LogP contribution in [0.1, 0.15) is 101 Å². The summed E-state index contributed by atoms with van der Waals surface area (Å²) in [6.07, 6.45) is 4.31. The van der Waals surface area contributed by atoms with Gasteiger partial charge < -0.3 is 18.9 Å². The van der Waals surface area contributed by atoms with Gasteiger partial charge in [0.2, 0.25) is 0 Å². The van der Waals surface area contributed by atoms with Crippen LogP contribution in [0.5, 0.6) is 0 Å². The van der Waals surface area contributed by atoms with Crippen molar-refractivity contribution < 1.29 is 22.8 Å². The Morgan fingerprint density at radius 1 is 0.671 bits per heavy atom. The monoisotopic (exact) mass is 1250 g/mol. The van der Waals surface area contributed by atoms with Crippen molar-refractivity contribution in [3.05, 3.63) is 196 Å². The number of amides is 2. The third-order valence-electron chi connectivity index (χ3n) is 16.3. The summed E-state index contributed by atoms with van der Waals surface area (Å²) in [5, 5.41) is 26.8. The Kier molecular flexibility index (Phi) is 15.0. The van der Waals surface area contributed by atoms with E-state index in [9.17, 15) is 27.6 Å². The number of aromatic nitrogens is 12. The molecule has 0 N–H and O–H groups in total. The molecular formula is C61H56BrCl2F3N14O4. The van der Waals surface area contributed by atoms with Gasteiger partial charge in [0, 0.05) is 74.7 Å². The quantitative estimate of drug-likeness (QED) is 0.108. The molecule has 10 aromatic rings. The van der Waals surface area contributed by atoms with E-state index in [4.69, 9.17) is 33.4 Å². The van der Waals surface area contributed by atoms with Gasteiger partial charge in [-0.1, -0.05) is 44.0 Å². The molecule has 2 aliphatic rings. The molecular weight excluding hydrogens is 1200 g/mol. The molecule has 0 saturated carbocycles. The minimum atomic E-state index is -4.78. The molecule has 0 saturated heterocycles. The maximum absolute atomic E-state index is 15.0. The molecule has 3 atom stereocenters. The number of fused-ring (bicyclic) bond motifs is 6. The van der Waals surface area contributed by atoms with Crippen LogP contribution in [0.15, 0.2) is 124 Å². The number of hydrogen-bond donors (Lipinski definition) is 0. The normalized spacial score (nSPS) is 15.7. The van der Waals surface area contributed by atoms with Gasteiger partial charge in [0.1, 0.15) is 23.9 Å². The fourth-order valence-electron chi connectivity index (χ4n) is 11.9. The van der Waals surface area contributed by atoms with Gasteiger partial charge >= 0.3 is 6.18 Å². The molecule has 2 aliphatic heterocycles. The van der Waals surface area contributed by atoms with Crippen LogP contribution in [-0.2, 0) is 58.5 Å². The third kappa shape index (κ3) is 10.4. The van der Waals surface area contributed by atoms with Crippen molar-refractivity contribution in [2.24, 2.45) is 18.9 Å². The molecule has 4 aromatic carbocycles. The molecule has 12 rings (SSSR count). The zero-order chi connectivity index (χ0) is 59.9. The highest BCUT2D eigenvalue weighted by molar-refractivity contribution is 9.10. The van der Waals surface area contributed by atoms with E-state index in [0.717, 1.165) is 34.4 Å². The Morgan fingerprint density at radius 3 is 1.69 bits per heavy atom. The first kappa shape index (κ1) is 57.2.